The Kier molecular flexibility index (Phi) is 3.56. The highest BCUT2D eigenvalue weighted by molar-refractivity contribution is 5.88. The molecule has 0 fully saturated rings. The molecule has 0 aliphatic carbocycles. The Morgan fingerprint density at radius 1 is 0.947 bits per heavy atom. The van der Waals surface area contributed by atoms with Crippen LogP contribution in [0.1, 0.15) is 27.0 Å². The first kappa shape index (κ1) is 13.1. The molecule has 0 saturated carbocycles. The molecule has 2 aromatic rings. The summed E-state index contributed by atoms with van der Waals surface area (Å²) in [6, 6.07) is 10.8. The monoisotopic (exact) mass is 256 g/mol. The molecule has 0 atom stereocenters. The molecule has 98 valence electrons. The van der Waals surface area contributed by atoms with Gasteiger partial charge in [0.1, 0.15) is 11.5 Å². The van der Waals surface area contributed by atoms with Crippen molar-refractivity contribution >= 4 is 5.97 Å². The van der Waals surface area contributed by atoms with Gasteiger partial charge in [0.25, 0.3) is 0 Å². The van der Waals surface area contributed by atoms with Crippen LogP contribution >= 0.6 is 0 Å². The summed E-state index contributed by atoms with van der Waals surface area (Å²) in [7, 11) is 0. The maximum absolute atomic E-state index is 10.9. The van der Waals surface area contributed by atoms with E-state index < -0.39 is 5.97 Å². The minimum absolute atomic E-state index is 0.269. The summed E-state index contributed by atoms with van der Waals surface area (Å²) in [5.41, 5.74) is 3.31. The summed E-state index contributed by atoms with van der Waals surface area (Å²) < 4.78 is 5.84. The van der Waals surface area contributed by atoms with Crippen LogP contribution in [0, 0.1) is 20.8 Å². The molecule has 0 heterocycles. The highest BCUT2D eigenvalue weighted by Crippen LogP contribution is 2.28. The second-order valence-electron chi connectivity index (χ2n) is 4.66. The molecule has 0 unspecified atom stereocenters. The number of benzene rings is 2. The van der Waals surface area contributed by atoms with Gasteiger partial charge in [-0.1, -0.05) is 17.7 Å². The lowest BCUT2D eigenvalue weighted by Crippen LogP contribution is -1.98. The molecule has 2 aromatic carbocycles. The number of hydrogen-bond donors (Lipinski definition) is 1. The fraction of sp³-hybridized carbons (Fsp3) is 0.188. The number of ether oxygens (including phenoxy) is 1. The van der Waals surface area contributed by atoms with Crippen LogP contribution < -0.4 is 4.74 Å². The van der Waals surface area contributed by atoms with Crippen LogP contribution in [0.25, 0.3) is 0 Å². The van der Waals surface area contributed by atoms with Crippen molar-refractivity contribution in [1.29, 1.82) is 0 Å². The summed E-state index contributed by atoms with van der Waals surface area (Å²) in [6.45, 7) is 5.86. The molecular weight excluding hydrogens is 240 g/mol. The van der Waals surface area contributed by atoms with E-state index in [1.54, 1.807) is 18.2 Å². The minimum Gasteiger partial charge on any atom is -0.478 e. The molecule has 0 aromatic heterocycles. The number of aryl methyl sites for hydroxylation is 3. The average molecular weight is 256 g/mol. The van der Waals surface area contributed by atoms with Crippen LogP contribution in [0.5, 0.6) is 11.5 Å². The number of carbonyl (C=O) groups is 1. The zero-order chi connectivity index (χ0) is 14.0. The third kappa shape index (κ3) is 2.94. The van der Waals surface area contributed by atoms with Gasteiger partial charge in [-0.25, -0.2) is 4.79 Å². The molecule has 0 radical (unpaired) electrons. The predicted molar refractivity (Wildman–Crippen MR) is 74.1 cm³/mol. The smallest absolute Gasteiger partial charge is 0.335 e. The summed E-state index contributed by atoms with van der Waals surface area (Å²) in [4.78, 5) is 10.9. The van der Waals surface area contributed by atoms with Crippen molar-refractivity contribution in [3.8, 4) is 11.5 Å². The zero-order valence-corrected chi connectivity index (χ0v) is 11.2. The van der Waals surface area contributed by atoms with Gasteiger partial charge in [-0.3, -0.25) is 0 Å². The maximum Gasteiger partial charge on any atom is 0.335 e. The Morgan fingerprint density at radius 3 is 2.05 bits per heavy atom. The molecule has 19 heavy (non-hydrogen) atoms. The van der Waals surface area contributed by atoms with Gasteiger partial charge in [0.2, 0.25) is 0 Å². The lowest BCUT2D eigenvalue weighted by Gasteiger charge is -2.12. The van der Waals surface area contributed by atoms with Crippen LogP contribution in [0.3, 0.4) is 0 Å². The van der Waals surface area contributed by atoms with Gasteiger partial charge in [-0.05, 0) is 56.2 Å². The van der Waals surface area contributed by atoms with Crippen LogP contribution in [-0.2, 0) is 0 Å². The first-order valence-corrected chi connectivity index (χ1v) is 6.06. The largest absolute Gasteiger partial charge is 0.478 e. The van der Waals surface area contributed by atoms with Crippen LogP contribution in [0.4, 0.5) is 0 Å². The standard InChI is InChI=1S/C16H16O3/c1-10-4-6-14(11(2)8-10)19-15-7-5-13(16(17)18)9-12(15)3/h4-9H,1-3H3,(H,17,18). The third-order valence-electron chi connectivity index (χ3n) is 2.97. The molecule has 2 rings (SSSR count). The first-order valence-electron chi connectivity index (χ1n) is 6.06. The predicted octanol–water partition coefficient (Wildman–Crippen LogP) is 4.10. The van der Waals surface area contributed by atoms with Gasteiger partial charge in [0, 0.05) is 0 Å². The second kappa shape index (κ2) is 5.14. The molecule has 3 heteroatoms. The lowest BCUT2D eigenvalue weighted by molar-refractivity contribution is 0.0697. The molecule has 0 aliphatic heterocycles. The van der Waals surface area contributed by atoms with Gasteiger partial charge >= 0.3 is 5.97 Å². The SMILES string of the molecule is Cc1ccc(Oc2ccc(C(=O)O)cc2C)c(C)c1. The molecule has 0 saturated heterocycles. The zero-order valence-electron chi connectivity index (χ0n) is 11.2. The van der Waals surface area contributed by atoms with E-state index in [0.29, 0.717) is 5.75 Å². The summed E-state index contributed by atoms with van der Waals surface area (Å²) in [6.07, 6.45) is 0. The van der Waals surface area contributed by atoms with Gasteiger partial charge in [0.15, 0.2) is 0 Å². The topological polar surface area (TPSA) is 46.5 Å². The molecule has 0 aliphatic rings. The Bertz CT molecular complexity index is 630. The van der Waals surface area contributed by atoms with Crippen molar-refractivity contribution in [2.45, 2.75) is 20.8 Å². The van der Waals surface area contributed by atoms with Crippen molar-refractivity contribution in [3.63, 3.8) is 0 Å². The van der Waals surface area contributed by atoms with Crippen LogP contribution in [0.15, 0.2) is 36.4 Å². The summed E-state index contributed by atoms with van der Waals surface area (Å²) in [5.74, 6) is 0.537. The number of aromatic carboxylic acids is 1. The van der Waals surface area contributed by atoms with Crippen molar-refractivity contribution in [2.24, 2.45) is 0 Å². The highest BCUT2D eigenvalue weighted by atomic mass is 16.5. The number of carboxylic acids is 1. The summed E-state index contributed by atoms with van der Waals surface area (Å²) >= 11 is 0. The van der Waals surface area contributed by atoms with E-state index in [2.05, 4.69) is 6.07 Å². The van der Waals surface area contributed by atoms with E-state index in [4.69, 9.17) is 9.84 Å². The molecule has 0 spiro atoms. The summed E-state index contributed by atoms with van der Waals surface area (Å²) in [5, 5.41) is 8.92. The lowest BCUT2D eigenvalue weighted by atomic mass is 10.1. The molecular formula is C16H16O3. The van der Waals surface area contributed by atoms with E-state index in [9.17, 15) is 4.79 Å². The van der Waals surface area contributed by atoms with Gasteiger partial charge in [0.05, 0.1) is 5.56 Å². The van der Waals surface area contributed by atoms with Gasteiger partial charge in [-0.15, -0.1) is 0 Å². The fourth-order valence-electron chi connectivity index (χ4n) is 1.93. The van der Waals surface area contributed by atoms with Crippen molar-refractivity contribution in [2.75, 3.05) is 0 Å². The molecule has 3 nitrogen and oxygen atoms in total. The third-order valence-corrected chi connectivity index (χ3v) is 2.97. The highest BCUT2D eigenvalue weighted by Gasteiger charge is 2.08. The molecule has 1 N–H and O–H groups in total. The van der Waals surface area contributed by atoms with Crippen molar-refractivity contribution in [3.05, 3.63) is 58.7 Å². The first-order chi connectivity index (χ1) is 8.97. The fourth-order valence-corrected chi connectivity index (χ4v) is 1.93. The maximum atomic E-state index is 10.9. The molecule has 0 bridgehead atoms. The Labute approximate surface area is 112 Å². The van der Waals surface area contributed by atoms with Crippen molar-refractivity contribution < 1.29 is 14.6 Å². The van der Waals surface area contributed by atoms with Gasteiger partial charge < -0.3 is 9.84 Å². The van der Waals surface area contributed by atoms with E-state index in [-0.39, 0.29) is 5.56 Å². The number of rotatable bonds is 3. The second-order valence-corrected chi connectivity index (χ2v) is 4.66. The van der Waals surface area contributed by atoms with Crippen molar-refractivity contribution in [1.82, 2.24) is 0 Å². The quantitative estimate of drug-likeness (QED) is 0.899. The van der Waals surface area contributed by atoms with Crippen LogP contribution in [0.2, 0.25) is 0 Å². The number of carboxylic acid groups (broad SMARTS) is 1. The minimum atomic E-state index is -0.929. The Morgan fingerprint density at radius 2 is 1.53 bits per heavy atom. The Balaban J connectivity index is 2.31. The normalized spacial score (nSPS) is 10.3. The van der Waals surface area contributed by atoms with E-state index >= 15 is 0 Å². The molecule has 0 amide bonds. The van der Waals surface area contributed by atoms with Gasteiger partial charge in [-0.2, -0.15) is 0 Å². The van der Waals surface area contributed by atoms with E-state index in [1.165, 1.54) is 5.56 Å². The van der Waals surface area contributed by atoms with Crippen LogP contribution in [-0.4, -0.2) is 11.1 Å². The Hall–Kier alpha value is -2.29. The van der Waals surface area contributed by atoms with E-state index in [1.807, 2.05) is 32.9 Å². The van der Waals surface area contributed by atoms with E-state index in [0.717, 1.165) is 16.9 Å². The number of hydrogen-bond acceptors (Lipinski definition) is 2. The average Bonchev–Trinajstić information content (AvgIpc) is 2.34.